The summed E-state index contributed by atoms with van der Waals surface area (Å²) >= 11 is 0. The smallest absolute Gasteiger partial charge is 0.310 e. The Morgan fingerprint density at radius 1 is 1.15 bits per heavy atom. The van der Waals surface area contributed by atoms with E-state index in [9.17, 15) is 14.9 Å². The average Bonchev–Trinajstić information content (AvgIpc) is 3.16. The van der Waals surface area contributed by atoms with Gasteiger partial charge in [0.25, 0.3) is 5.91 Å². The first-order chi connectivity index (χ1) is 13.1. The van der Waals surface area contributed by atoms with Gasteiger partial charge in [-0.15, -0.1) is 0 Å². The third-order valence-electron chi connectivity index (χ3n) is 3.59. The molecule has 0 unspecified atom stereocenters. The molecule has 3 aromatic rings. The number of para-hydroxylation sites is 3. The van der Waals surface area contributed by atoms with Gasteiger partial charge in [-0.05, 0) is 24.3 Å². The van der Waals surface area contributed by atoms with E-state index in [0.717, 1.165) is 11.3 Å². The number of ether oxygens (including phenoxy) is 1. The summed E-state index contributed by atoms with van der Waals surface area (Å²) in [6.45, 7) is -0.382. The first-order valence-corrected chi connectivity index (χ1v) is 8.05. The van der Waals surface area contributed by atoms with E-state index in [1.165, 1.54) is 24.4 Å². The Morgan fingerprint density at radius 3 is 2.67 bits per heavy atom. The summed E-state index contributed by atoms with van der Waals surface area (Å²) in [6, 6.07) is 17.5. The van der Waals surface area contributed by atoms with Crippen LogP contribution in [0.2, 0.25) is 0 Å². The number of nitro groups is 1. The highest BCUT2D eigenvalue weighted by atomic mass is 16.6. The number of carbonyl (C=O) groups is 1. The zero-order valence-electron chi connectivity index (χ0n) is 14.2. The van der Waals surface area contributed by atoms with Gasteiger partial charge in [-0.25, -0.2) is 5.43 Å². The van der Waals surface area contributed by atoms with Gasteiger partial charge in [0, 0.05) is 29.7 Å². The number of nitro benzene ring substituents is 1. The molecule has 0 radical (unpaired) electrons. The number of hydrazone groups is 1. The molecular formula is C19H16N4O4. The molecule has 0 aliphatic rings. The summed E-state index contributed by atoms with van der Waals surface area (Å²) in [6.07, 6.45) is 5.26. The fraction of sp³-hybridized carbons (Fsp3) is 0.0526. The molecule has 1 amide bonds. The van der Waals surface area contributed by atoms with E-state index in [1.807, 2.05) is 53.4 Å². The summed E-state index contributed by atoms with van der Waals surface area (Å²) in [4.78, 5) is 22.1. The van der Waals surface area contributed by atoms with Gasteiger partial charge in [0.05, 0.1) is 11.1 Å². The second kappa shape index (κ2) is 8.43. The molecule has 1 N–H and O–H groups in total. The normalized spacial score (nSPS) is 10.7. The van der Waals surface area contributed by atoms with E-state index in [1.54, 1.807) is 6.07 Å². The van der Waals surface area contributed by atoms with Crippen LogP contribution in [0.25, 0.3) is 5.69 Å². The molecule has 8 nitrogen and oxygen atoms in total. The molecule has 27 heavy (non-hydrogen) atoms. The van der Waals surface area contributed by atoms with Crippen LogP contribution in [0.5, 0.6) is 5.75 Å². The van der Waals surface area contributed by atoms with Crippen molar-refractivity contribution < 1.29 is 14.5 Å². The van der Waals surface area contributed by atoms with E-state index < -0.39 is 10.8 Å². The number of nitrogens with zero attached hydrogens (tertiary/aromatic N) is 3. The van der Waals surface area contributed by atoms with E-state index in [-0.39, 0.29) is 18.0 Å². The van der Waals surface area contributed by atoms with Crippen molar-refractivity contribution in [2.45, 2.75) is 0 Å². The van der Waals surface area contributed by atoms with E-state index in [0.29, 0.717) is 0 Å². The molecule has 2 aromatic carbocycles. The van der Waals surface area contributed by atoms with Gasteiger partial charge >= 0.3 is 5.69 Å². The van der Waals surface area contributed by atoms with Crippen molar-refractivity contribution in [3.8, 4) is 11.4 Å². The topological polar surface area (TPSA) is 98.8 Å². The van der Waals surface area contributed by atoms with Gasteiger partial charge in [-0.2, -0.15) is 5.10 Å². The predicted octanol–water partition coefficient (Wildman–Crippen LogP) is 2.91. The molecule has 0 bridgehead atoms. The SMILES string of the molecule is O=C(COc1ccccc1[N+](=O)[O-])N/N=C/c1ccn(-c2ccccc2)c1. The first-order valence-electron chi connectivity index (χ1n) is 8.05. The first kappa shape index (κ1) is 17.9. The zero-order chi connectivity index (χ0) is 19.1. The maximum atomic E-state index is 11.8. The molecular weight excluding hydrogens is 348 g/mol. The zero-order valence-corrected chi connectivity index (χ0v) is 14.2. The van der Waals surface area contributed by atoms with E-state index in [4.69, 9.17) is 4.74 Å². The van der Waals surface area contributed by atoms with Gasteiger partial charge in [0.15, 0.2) is 12.4 Å². The van der Waals surface area contributed by atoms with Crippen molar-refractivity contribution in [3.05, 3.63) is 88.7 Å². The Hall–Kier alpha value is -3.94. The van der Waals surface area contributed by atoms with Gasteiger partial charge in [-0.1, -0.05) is 30.3 Å². The number of aromatic nitrogens is 1. The van der Waals surface area contributed by atoms with Gasteiger partial charge in [-0.3, -0.25) is 14.9 Å². The highest BCUT2D eigenvalue weighted by Crippen LogP contribution is 2.25. The Labute approximate surface area is 154 Å². The van der Waals surface area contributed by atoms with Crippen molar-refractivity contribution in [1.82, 2.24) is 9.99 Å². The number of carbonyl (C=O) groups excluding carboxylic acids is 1. The molecule has 136 valence electrons. The van der Waals surface area contributed by atoms with Crippen LogP contribution in [0.3, 0.4) is 0 Å². The molecule has 3 rings (SSSR count). The van der Waals surface area contributed by atoms with Crippen LogP contribution in [-0.2, 0) is 4.79 Å². The summed E-state index contributed by atoms with van der Waals surface area (Å²) in [5.74, 6) is -0.492. The molecule has 0 spiro atoms. The van der Waals surface area contributed by atoms with Crippen LogP contribution in [0.15, 0.2) is 78.2 Å². The summed E-state index contributed by atoms with van der Waals surface area (Å²) < 4.78 is 7.12. The van der Waals surface area contributed by atoms with Crippen molar-refractivity contribution >= 4 is 17.8 Å². The van der Waals surface area contributed by atoms with Crippen LogP contribution in [0.1, 0.15) is 5.56 Å². The van der Waals surface area contributed by atoms with Gasteiger partial charge in [0.2, 0.25) is 0 Å². The summed E-state index contributed by atoms with van der Waals surface area (Å²) in [5, 5.41) is 14.8. The van der Waals surface area contributed by atoms with Gasteiger partial charge in [0.1, 0.15) is 0 Å². The second-order valence-corrected chi connectivity index (χ2v) is 5.49. The Morgan fingerprint density at radius 2 is 1.89 bits per heavy atom. The van der Waals surface area contributed by atoms with Crippen LogP contribution < -0.4 is 10.2 Å². The molecule has 1 heterocycles. The lowest BCUT2D eigenvalue weighted by atomic mass is 10.3. The molecule has 0 atom stereocenters. The molecule has 0 saturated carbocycles. The van der Waals surface area contributed by atoms with Crippen molar-refractivity contribution in [1.29, 1.82) is 0 Å². The maximum Gasteiger partial charge on any atom is 0.310 e. The van der Waals surface area contributed by atoms with Crippen LogP contribution in [-0.4, -0.2) is 28.2 Å². The third kappa shape index (κ3) is 4.79. The van der Waals surface area contributed by atoms with Crippen LogP contribution in [0.4, 0.5) is 5.69 Å². The number of hydrogen-bond donors (Lipinski definition) is 1. The lowest BCUT2D eigenvalue weighted by Crippen LogP contribution is -2.24. The fourth-order valence-electron chi connectivity index (χ4n) is 2.33. The summed E-state index contributed by atoms with van der Waals surface area (Å²) in [5.41, 5.74) is 3.94. The highest BCUT2D eigenvalue weighted by Gasteiger charge is 2.14. The summed E-state index contributed by atoms with van der Waals surface area (Å²) in [7, 11) is 0. The minimum Gasteiger partial charge on any atom is -0.477 e. The second-order valence-electron chi connectivity index (χ2n) is 5.49. The van der Waals surface area contributed by atoms with Crippen LogP contribution in [0, 0.1) is 10.1 Å². The number of amides is 1. The molecule has 0 aliphatic heterocycles. The predicted molar refractivity (Wildman–Crippen MR) is 100 cm³/mol. The van der Waals surface area contributed by atoms with Crippen molar-refractivity contribution in [2.75, 3.05) is 6.61 Å². The number of nitrogens with one attached hydrogen (secondary N) is 1. The molecule has 1 aromatic heterocycles. The Bertz CT molecular complexity index is 967. The highest BCUT2D eigenvalue weighted by molar-refractivity contribution is 5.83. The fourth-order valence-corrected chi connectivity index (χ4v) is 2.33. The third-order valence-corrected chi connectivity index (χ3v) is 3.59. The Balaban J connectivity index is 1.52. The minimum atomic E-state index is -0.567. The lowest BCUT2D eigenvalue weighted by molar-refractivity contribution is -0.385. The minimum absolute atomic E-state index is 0.0292. The molecule has 8 heteroatoms. The average molecular weight is 364 g/mol. The standard InChI is InChI=1S/C19H16N4O4/c24-19(14-27-18-9-5-4-8-17(18)23(25)26)21-20-12-15-10-11-22(13-15)16-6-2-1-3-7-16/h1-13H,14H2,(H,21,24)/b20-12+. The van der Waals surface area contributed by atoms with Crippen molar-refractivity contribution in [3.63, 3.8) is 0 Å². The van der Waals surface area contributed by atoms with Gasteiger partial charge < -0.3 is 9.30 Å². The Kier molecular flexibility index (Phi) is 5.58. The monoisotopic (exact) mass is 364 g/mol. The maximum absolute atomic E-state index is 11.8. The molecule has 0 fully saturated rings. The lowest BCUT2D eigenvalue weighted by Gasteiger charge is -2.05. The molecule has 0 saturated heterocycles. The van der Waals surface area contributed by atoms with Crippen molar-refractivity contribution in [2.24, 2.45) is 5.10 Å². The molecule has 0 aliphatic carbocycles. The van der Waals surface area contributed by atoms with E-state index in [2.05, 4.69) is 10.5 Å². The number of benzene rings is 2. The number of rotatable bonds is 7. The van der Waals surface area contributed by atoms with Crippen LogP contribution >= 0.6 is 0 Å². The quantitative estimate of drug-likeness (QED) is 0.396. The largest absolute Gasteiger partial charge is 0.477 e. The number of hydrogen-bond acceptors (Lipinski definition) is 5. The van der Waals surface area contributed by atoms with E-state index >= 15 is 0 Å².